The normalized spacial score (nSPS) is 18.4. The molecule has 1 aliphatic heterocycles. The number of benzene rings is 1. The molecule has 0 aromatic heterocycles. The van der Waals surface area contributed by atoms with Crippen LogP contribution in [0, 0.1) is 0 Å². The molecule has 2 amide bonds. The first kappa shape index (κ1) is 14.6. The number of amides is 2. The van der Waals surface area contributed by atoms with E-state index in [4.69, 9.17) is 10.5 Å². The number of amidine groups is 1. The van der Waals surface area contributed by atoms with Crippen molar-refractivity contribution < 1.29 is 14.6 Å². The van der Waals surface area contributed by atoms with Crippen molar-refractivity contribution in [3.63, 3.8) is 0 Å². The van der Waals surface area contributed by atoms with Gasteiger partial charge in [-0.25, -0.2) is 4.79 Å². The van der Waals surface area contributed by atoms with Gasteiger partial charge in [-0.2, -0.15) is 4.99 Å². The van der Waals surface area contributed by atoms with E-state index in [-0.39, 0.29) is 17.6 Å². The Morgan fingerprint density at radius 3 is 2.85 bits per heavy atom. The third kappa shape index (κ3) is 2.45. The highest BCUT2D eigenvalue weighted by atomic mass is 79.9. The highest BCUT2D eigenvalue weighted by molar-refractivity contribution is 9.10. The van der Waals surface area contributed by atoms with Crippen molar-refractivity contribution in [1.29, 1.82) is 0 Å². The SMILES string of the molecule is CCCN1C(=O)N=C(N)C1c1cc(Br)c(O)c(OC)c1. The summed E-state index contributed by atoms with van der Waals surface area (Å²) in [6.45, 7) is 2.54. The van der Waals surface area contributed by atoms with Crippen LogP contribution in [0.3, 0.4) is 0 Å². The summed E-state index contributed by atoms with van der Waals surface area (Å²) in [5.41, 5.74) is 6.61. The van der Waals surface area contributed by atoms with Gasteiger partial charge in [0.2, 0.25) is 0 Å². The van der Waals surface area contributed by atoms with E-state index in [9.17, 15) is 9.90 Å². The Labute approximate surface area is 125 Å². The van der Waals surface area contributed by atoms with E-state index in [1.807, 2.05) is 6.92 Å². The Kier molecular flexibility index (Phi) is 4.17. The Morgan fingerprint density at radius 1 is 1.55 bits per heavy atom. The molecule has 0 bridgehead atoms. The zero-order valence-electron chi connectivity index (χ0n) is 11.3. The van der Waals surface area contributed by atoms with Gasteiger partial charge >= 0.3 is 6.03 Å². The average molecular weight is 342 g/mol. The minimum Gasteiger partial charge on any atom is -0.503 e. The van der Waals surface area contributed by atoms with Crippen molar-refractivity contribution in [1.82, 2.24) is 4.90 Å². The van der Waals surface area contributed by atoms with Gasteiger partial charge in [-0.1, -0.05) is 6.92 Å². The van der Waals surface area contributed by atoms with Crippen LogP contribution in [0.4, 0.5) is 4.79 Å². The van der Waals surface area contributed by atoms with Crippen LogP contribution in [0.25, 0.3) is 0 Å². The quantitative estimate of drug-likeness (QED) is 0.880. The molecule has 108 valence electrons. The first-order valence-electron chi connectivity index (χ1n) is 6.20. The second-order valence-corrected chi connectivity index (χ2v) is 5.32. The van der Waals surface area contributed by atoms with Crippen molar-refractivity contribution in [2.75, 3.05) is 13.7 Å². The molecule has 3 N–H and O–H groups in total. The zero-order valence-corrected chi connectivity index (χ0v) is 12.8. The van der Waals surface area contributed by atoms with E-state index in [0.717, 1.165) is 12.0 Å². The van der Waals surface area contributed by atoms with E-state index in [1.54, 1.807) is 17.0 Å². The lowest BCUT2D eigenvalue weighted by atomic mass is 10.0. The fourth-order valence-corrected chi connectivity index (χ4v) is 2.69. The van der Waals surface area contributed by atoms with Gasteiger partial charge in [0.15, 0.2) is 11.5 Å². The smallest absolute Gasteiger partial charge is 0.346 e. The van der Waals surface area contributed by atoms with Crippen LogP contribution in [0.15, 0.2) is 21.6 Å². The molecule has 0 spiro atoms. The van der Waals surface area contributed by atoms with Crippen molar-refractivity contribution in [3.8, 4) is 11.5 Å². The molecule has 1 aromatic carbocycles. The van der Waals surface area contributed by atoms with Crippen LogP contribution < -0.4 is 10.5 Å². The number of rotatable bonds is 4. The standard InChI is InChI=1S/C13H16BrN3O3/c1-3-4-17-10(12(15)16-13(17)19)7-5-8(14)11(18)9(6-7)20-2/h5-6,10,18H,3-4H2,1-2H3,(H2,15,16,19). The highest BCUT2D eigenvalue weighted by Crippen LogP contribution is 2.39. The van der Waals surface area contributed by atoms with Crippen LogP contribution in [0.1, 0.15) is 24.9 Å². The van der Waals surface area contributed by atoms with Gasteiger partial charge in [0, 0.05) is 6.54 Å². The number of nitrogens with two attached hydrogens (primary N) is 1. The molecular formula is C13H16BrN3O3. The van der Waals surface area contributed by atoms with Crippen molar-refractivity contribution in [2.24, 2.45) is 10.7 Å². The van der Waals surface area contributed by atoms with Crippen molar-refractivity contribution in [2.45, 2.75) is 19.4 Å². The van der Waals surface area contributed by atoms with Crippen LogP contribution in [0.2, 0.25) is 0 Å². The van der Waals surface area contributed by atoms with Gasteiger partial charge < -0.3 is 20.5 Å². The largest absolute Gasteiger partial charge is 0.503 e. The molecule has 1 aliphatic rings. The molecule has 7 heteroatoms. The number of hydrogen-bond donors (Lipinski definition) is 2. The lowest BCUT2D eigenvalue weighted by Crippen LogP contribution is -2.33. The number of carbonyl (C=O) groups is 1. The number of phenolic OH excluding ortho intramolecular Hbond substituents is 1. The minimum absolute atomic E-state index is 0.0122. The molecule has 0 aliphatic carbocycles. The molecule has 6 nitrogen and oxygen atoms in total. The zero-order chi connectivity index (χ0) is 14.9. The van der Waals surface area contributed by atoms with Gasteiger partial charge in [-0.15, -0.1) is 0 Å². The fourth-order valence-electron chi connectivity index (χ4n) is 2.23. The third-order valence-electron chi connectivity index (χ3n) is 3.11. The molecular weight excluding hydrogens is 326 g/mol. The molecule has 0 fully saturated rings. The number of halogens is 1. The Balaban J connectivity index is 2.46. The summed E-state index contributed by atoms with van der Waals surface area (Å²) in [5, 5.41) is 9.84. The Hall–Kier alpha value is -1.76. The molecule has 1 heterocycles. The molecule has 1 aromatic rings. The summed E-state index contributed by atoms with van der Waals surface area (Å²) in [5.74, 6) is 0.583. The highest BCUT2D eigenvalue weighted by Gasteiger charge is 2.34. The van der Waals surface area contributed by atoms with Gasteiger partial charge in [-0.05, 0) is 40.0 Å². The van der Waals surface area contributed by atoms with Gasteiger partial charge in [-0.3, -0.25) is 0 Å². The maximum atomic E-state index is 11.8. The third-order valence-corrected chi connectivity index (χ3v) is 3.72. The number of aromatic hydroxyl groups is 1. The van der Waals surface area contributed by atoms with Crippen molar-refractivity contribution >= 4 is 27.8 Å². The van der Waals surface area contributed by atoms with E-state index in [1.165, 1.54) is 7.11 Å². The molecule has 0 saturated carbocycles. The van der Waals surface area contributed by atoms with E-state index in [2.05, 4.69) is 20.9 Å². The molecule has 0 saturated heterocycles. The summed E-state index contributed by atoms with van der Waals surface area (Å²) < 4.78 is 5.60. The number of carbonyl (C=O) groups excluding carboxylic acids is 1. The summed E-state index contributed by atoms with van der Waals surface area (Å²) in [6.07, 6.45) is 0.807. The number of urea groups is 1. The summed E-state index contributed by atoms with van der Waals surface area (Å²) in [6, 6.07) is 2.62. The molecule has 1 unspecified atom stereocenters. The number of hydrogen-bond acceptors (Lipinski definition) is 4. The number of methoxy groups -OCH3 is 1. The Bertz CT molecular complexity index is 574. The predicted molar refractivity (Wildman–Crippen MR) is 79.1 cm³/mol. The van der Waals surface area contributed by atoms with Crippen LogP contribution >= 0.6 is 15.9 Å². The number of nitrogens with zero attached hydrogens (tertiary/aromatic N) is 2. The monoisotopic (exact) mass is 341 g/mol. The predicted octanol–water partition coefficient (Wildman–Crippen LogP) is 2.41. The first-order valence-corrected chi connectivity index (χ1v) is 7.00. The first-order chi connectivity index (χ1) is 9.49. The lowest BCUT2D eigenvalue weighted by Gasteiger charge is -2.24. The average Bonchev–Trinajstić information content (AvgIpc) is 2.68. The van der Waals surface area contributed by atoms with Gasteiger partial charge in [0.05, 0.1) is 11.6 Å². The summed E-state index contributed by atoms with van der Waals surface area (Å²) in [7, 11) is 1.46. The summed E-state index contributed by atoms with van der Waals surface area (Å²) in [4.78, 5) is 17.3. The minimum atomic E-state index is -0.423. The molecule has 20 heavy (non-hydrogen) atoms. The summed E-state index contributed by atoms with van der Waals surface area (Å²) >= 11 is 3.26. The Morgan fingerprint density at radius 2 is 2.25 bits per heavy atom. The van der Waals surface area contributed by atoms with Crippen molar-refractivity contribution in [3.05, 3.63) is 22.2 Å². The molecule has 0 radical (unpaired) electrons. The van der Waals surface area contributed by atoms with E-state index in [0.29, 0.717) is 16.8 Å². The second kappa shape index (κ2) is 5.70. The molecule has 2 rings (SSSR count). The number of ether oxygens (including phenoxy) is 1. The second-order valence-electron chi connectivity index (χ2n) is 4.47. The van der Waals surface area contributed by atoms with Crippen LogP contribution in [-0.2, 0) is 0 Å². The number of aliphatic imine (C=N–C) groups is 1. The number of phenols is 1. The van der Waals surface area contributed by atoms with E-state index >= 15 is 0 Å². The topological polar surface area (TPSA) is 88.2 Å². The molecule has 1 atom stereocenters. The van der Waals surface area contributed by atoms with Crippen LogP contribution in [0.5, 0.6) is 11.5 Å². The van der Waals surface area contributed by atoms with Crippen LogP contribution in [-0.4, -0.2) is 35.5 Å². The lowest BCUT2D eigenvalue weighted by molar-refractivity contribution is 0.206. The maximum absolute atomic E-state index is 11.8. The maximum Gasteiger partial charge on any atom is 0.346 e. The van der Waals surface area contributed by atoms with E-state index < -0.39 is 6.04 Å². The fraction of sp³-hybridized carbons (Fsp3) is 0.385. The van der Waals surface area contributed by atoms with Gasteiger partial charge in [0.25, 0.3) is 0 Å². The van der Waals surface area contributed by atoms with Gasteiger partial charge in [0.1, 0.15) is 11.9 Å².